The van der Waals surface area contributed by atoms with E-state index in [1.54, 1.807) is 6.07 Å². The molecule has 5 N–H and O–H groups in total. The number of nitrogens with one attached hydrogen (secondary N) is 1. The Morgan fingerprint density at radius 3 is 2.85 bits per heavy atom. The highest BCUT2D eigenvalue weighted by Gasteiger charge is 1.99. The molecule has 4 heteroatoms. The number of benzene rings is 1. The highest BCUT2D eigenvalue weighted by molar-refractivity contribution is 5.80. The second kappa shape index (κ2) is 3.80. The fraction of sp³-hybridized carbons (Fsp3) is 0.222. The van der Waals surface area contributed by atoms with Crippen LogP contribution in [0.25, 0.3) is 0 Å². The maximum absolute atomic E-state index is 10.5. The molecule has 0 saturated heterocycles. The van der Waals surface area contributed by atoms with E-state index in [1.807, 2.05) is 19.1 Å². The number of nitrogen functional groups attached to an aromatic ring is 1. The van der Waals surface area contributed by atoms with Crippen LogP contribution in [-0.4, -0.2) is 12.5 Å². The van der Waals surface area contributed by atoms with E-state index in [-0.39, 0.29) is 6.54 Å². The first-order valence-corrected chi connectivity index (χ1v) is 3.98. The maximum Gasteiger partial charge on any atom is 0.236 e. The van der Waals surface area contributed by atoms with E-state index >= 15 is 0 Å². The van der Waals surface area contributed by atoms with Crippen molar-refractivity contribution in [3.63, 3.8) is 0 Å². The molecule has 0 unspecified atom stereocenters. The first kappa shape index (κ1) is 9.38. The SMILES string of the molecule is Cc1ccc(N)c(NCC(N)=O)c1. The molecule has 0 heterocycles. The van der Waals surface area contributed by atoms with Crippen LogP contribution in [0.1, 0.15) is 5.56 Å². The number of aryl methyl sites for hydroxylation is 1. The number of hydrogen-bond acceptors (Lipinski definition) is 3. The van der Waals surface area contributed by atoms with Crippen molar-refractivity contribution in [3.05, 3.63) is 23.8 Å². The number of carbonyl (C=O) groups is 1. The van der Waals surface area contributed by atoms with Gasteiger partial charge in [-0.25, -0.2) is 0 Å². The van der Waals surface area contributed by atoms with Gasteiger partial charge in [0.15, 0.2) is 0 Å². The first-order chi connectivity index (χ1) is 6.09. The average Bonchev–Trinajstić information content (AvgIpc) is 2.06. The third kappa shape index (κ3) is 2.66. The fourth-order valence-electron chi connectivity index (χ4n) is 1.01. The van der Waals surface area contributed by atoms with Gasteiger partial charge in [-0.3, -0.25) is 4.79 Å². The molecule has 0 aliphatic carbocycles. The molecule has 0 aliphatic rings. The first-order valence-electron chi connectivity index (χ1n) is 3.98. The van der Waals surface area contributed by atoms with Crippen LogP contribution in [-0.2, 0) is 4.79 Å². The Morgan fingerprint density at radius 1 is 1.54 bits per heavy atom. The van der Waals surface area contributed by atoms with Crippen molar-refractivity contribution in [1.82, 2.24) is 0 Å². The Morgan fingerprint density at radius 2 is 2.23 bits per heavy atom. The minimum absolute atomic E-state index is 0.105. The smallest absolute Gasteiger partial charge is 0.236 e. The van der Waals surface area contributed by atoms with Crippen molar-refractivity contribution in [2.45, 2.75) is 6.92 Å². The Balaban J connectivity index is 2.75. The van der Waals surface area contributed by atoms with Gasteiger partial charge in [0.1, 0.15) is 0 Å². The normalized spacial score (nSPS) is 9.62. The second-order valence-electron chi connectivity index (χ2n) is 2.91. The van der Waals surface area contributed by atoms with Crippen LogP contribution in [0.15, 0.2) is 18.2 Å². The van der Waals surface area contributed by atoms with Gasteiger partial charge in [-0.05, 0) is 24.6 Å². The van der Waals surface area contributed by atoms with Crippen molar-refractivity contribution < 1.29 is 4.79 Å². The van der Waals surface area contributed by atoms with Crippen LogP contribution < -0.4 is 16.8 Å². The van der Waals surface area contributed by atoms with Crippen LogP contribution in [0.4, 0.5) is 11.4 Å². The quantitative estimate of drug-likeness (QED) is 0.590. The van der Waals surface area contributed by atoms with E-state index in [0.717, 1.165) is 11.3 Å². The van der Waals surface area contributed by atoms with Crippen LogP contribution in [0.3, 0.4) is 0 Å². The standard InChI is InChI=1S/C9H13N3O/c1-6-2-3-7(10)8(4-6)12-5-9(11)13/h2-4,12H,5,10H2,1H3,(H2,11,13). The summed E-state index contributed by atoms with van der Waals surface area (Å²) in [7, 11) is 0. The van der Waals surface area contributed by atoms with Gasteiger partial charge in [-0.15, -0.1) is 0 Å². The van der Waals surface area contributed by atoms with Crippen molar-refractivity contribution in [3.8, 4) is 0 Å². The molecule has 4 nitrogen and oxygen atoms in total. The van der Waals surface area contributed by atoms with Crippen molar-refractivity contribution in [2.24, 2.45) is 5.73 Å². The number of primary amides is 1. The predicted octanol–water partition coefficient (Wildman–Crippen LogP) is 0.474. The van der Waals surface area contributed by atoms with E-state index in [9.17, 15) is 4.79 Å². The zero-order chi connectivity index (χ0) is 9.84. The zero-order valence-corrected chi connectivity index (χ0v) is 7.50. The topological polar surface area (TPSA) is 81.1 Å². The maximum atomic E-state index is 10.5. The van der Waals surface area contributed by atoms with Crippen molar-refractivity contribution >= 4 is 17.3 Å². The summed E-state index contributed by atoms with van der Waals surface area (Å²) in [4.78, 5) is 10.5. The molecule has 0 saturated carbocycles. The minimum atomic E-state index is -0.402. The van der Waals surface area contributed by atoms with Crippen LogP contribution in [0.5, 0.6) is 0 Å². The molecule has 0 bridgehead atoms. The number of hydrogen-bond donors (Lipinski definition) is 3. The summed E-state index contributed by atoms with van der Waals surface area (Å²) in [6.07, 6.45) is 0. The summed E-state index contributed by atoms with van der Waals surface area (Å²) >= 11 is 0. The summed E-state index contributed by atoms with van der Waals surface area (Å²) in [5.41, 5.74) is 13.1. The lowest BCUT2D eigenvalue weighted by atomic mass is 10.2. The van der Waals surface area contributed by atoms with Crippen LogP contribution >= 0.6 is 0 Å². The molecule has 1 amide bonds. The highest BCUT2D eigenvalue weighted by atomic mass is 16.1. The minimum Gasteiger partial charge on any atom is -0.397 e. The molecule has 0 aliphatic heterocycles. The number of rotatable bonds is 3. The summed E-state index contributed by atoms with van der Waals surface area (Å²) in [6, 6.07) is 5.57. The van der Waals surface area contributed by atoms with E-state index in [1.165, 1.54) is 0 Å². The molecule has 1 aromatic carbocycles. The Bertz CT molecular complexity index is 323. The van der Waals surface area contributed by atoms with Gasteiger partial charge in [0.05, 0.1) is 17.9 Å². The molecule has 0 radical (unpaired) electrons. The Labute approximate surface area is 76.9 Å². The van der Waals surface area contributed by atoms with E-state index in [4.69, 9.17) is 11.5 Å². The summed E-state index contributed by atoms with van der Waals surface area (Å²) < 4.78 is 0. The zero-order valence-electron chi connectivity index (χ0n) is 7.50. The summed E-state index contributed by atoms with van der Waals surface area (Å²) in [5, 5.41) is 2.85. The molecule has 0 aromatic heterocycles. The van der Waals surface area contributed by atoms with Crippen LogP contribution in [0.2, 0.25) is 0 Å². The fourth-order valence-corrected chi connectivity index (χ4v) is 1.01. The van der Waals surface area contributed by atoms with Crippen LogP contribution in [0, 0.1) is 6.92 Å². The Kier molecular flexibility index (Phi) is 2.74. The highest BCUT2D eigenvalue weighted by Crippen LogP contribution is 2.18. The summed E-state index contributed by atoms with van der Waals surface area (Å²) in [5.74, 6) is -0.402. The lowest BCUT2D eigenvalue weighted by Gasteiger charge is -2.07. The molecule has 70 valence electrons. The number of nitrogens with two attached hydrogens (primary N) is 2. The van der Waals surface area contributed by atoms with Crippen molar-refractivity contribution in [2.75, 3.05) is 17.6 Å². The van der Waals surface area contributed by atoms with Gasteiger partial charge in [-0.2, -0.15) is 0 Å². The van der Waals surface area contributed by atoms with Gasteiger partial charge in [-0.1, -0.05) is 6.07 Å². The van der Waals surface area contributed by atoms with Gasteiger partial charge in [0.25, 0.3) is 0 Å². The second-order valence-corrected chi connectivity index (χ2v) is 2.91. The molecule has 13 heavy (non-hydrogen) atoms. The molecule has 0 fully saturated rings. The number of carbonyl (C=O) groups excluding carboxylic acids is 1. The van der Waals surface area contributed by atoms with Gasteiger partial charge in [0.2, 0.25) is 5.91 Å². The van der Waals surface area contributed by atoms with E-state index in [0.29, 0.717) is 5.69 Å². The molecular weight excluding hydrogens is 166 g/mol. The van der Waals surface area contributed by atoms with Gasteiger partial charge < -0.3 is 16.8 Å². The molecular formula is C9H13N3O. The largest absolute Gasteiger partial charge is 0.397 e. The van der Waals surface area contributed by atoms with Crippen molar-refractivity contribution in [1.29, 1.82) is 0 Å². The lowest BCUT2D eigenvalue weighted by Crippen LogP contribution is -2.22. The van der Waals surface area contributed by atoms with E-state index < -0.39 is 5.91 Å². The molecule has 1 rings (SSSR count). The predicted molar refractivity (Wildman–Crippen MR) is 53.3 cm³/mol. The monoisotopic (exact) mass is 179 g/mol. The molecule has 1 aromatic rings. The van der Waals surface area contributed by atoms with E-state index in [2.05, 4.69) is 5.32 Å². The summed E-state index contributed by atoms with van der Waals surface area (Å²) in [6.45, 7) is 2.06. The third-order valence-corrected chi connectivity index (χ3v) is 1.66. The number of anilines is 2. The van der Waals surface area contributed by atoms with Gasteiger partial charge >= 0.3 is 0 Å². The average molecular weight is 179 g/mol. The Hall–Kier alpha value is -1.71. The molecule has 0 spiro atoms. The number of amides is 1. The molecule has 0 atom stereocenters. The van der Waals surface area contributed by atoms with Gasteiger partial charge in [0, 0.05) is 0 Å². The third-order valence-electron chi connectivity index (χ3n) is 1.66. The lowest BCUT2D eigenvalue weighted by molar-refractivity contribution is -0.116.